The lowest BCUT2D eigenvalue weighted by atomic mass is 9.89. The van der Waals surface area contributed by atoms with Crippen LogP contribution < -0.4 is 5.32 Å². The molecule has 4 heteroatoms. The molecule has 0 radical (unpaired) electrons. The number of ether oxygens (including phenoxy) is 1. The van der Waals surface area contributed by atoms with Gasteiger partial charge in [0.15, 0.2) is 0 Å². The van der Waals surface area contributed by atoms with Crippen molar-refractivity contribution >= 4 is 5.97 Å². The molecule has 0 unspecified atom stereocenters. The molecule has 1 heterocycles. The van der Waals surface area contributed by atoms with Crippen LogP contribution in [-0.4, -0.2) is 25.7 Å². The van der Waals surface area contributed by atoms with Gasteiger partial charge in [-0.3, -0.25) is 4.79 Å². The van der Waals surface area contributed by atoms with E-state index in [9.17, 15) is 9.18 Å². The highest BCUT2D eigenvalue weighted by atomic mass is 19.1. The van der Waals surface area contributed by atoms with E-state index in [4.69, 9.17) is 4.74 Å². The summed E-state index contributed by atoms with van der Waals surface area (Å²) in [4.78, 5) is 11.8. The second kappa shape index (κ2) is 5.27. The Morgan fingerprint density at radius 2 is 2.35 bits per heavy atom. The lowest BCUT2D eigenvalue weighted by Crippen LogP contribution is -2.24. The average Bonchev–Trinajstić information content (AvgIpc) is 2.78. The number of hydrogen-bond donors (Lipinski definition) is 1. The molecule has 0 spiro atoms. The zero-order valence-electron chi connectivity index (χ0n) is 9.78. The van der Waals surface area contributed by atoms with Crippen molar-refractivity contribution in [2.24, 2.45) is 5.92 Å². The normalized spacial score (nSPS) is 23.6. The second-order valence-electron chi connectivity index (χ2n) is 4.18. The fourth-order valence-electron chi connectivity index (χ4n) is 2.26. The summed E-state index contributed by atoms with van der Waals surface area (Å²) in [6, 6.07) is 6.42. The van der Waals surface area contributed by atoms with Crippen molar-refractivity contribution in [2.45, 2.75) is 12.8 Å². The van der Waals surface area contributed by atoms with Crippen molar-refractivity contribution in [3.05, 3.63) is 35.6 Å². The Balaban J connectivity index is 2.17. The molecule has 0 amide bonds. The zero-order chi connectivity index (χ0) is 12.3. The van der Waals surface area contributed by atoms with Gasteiger partial charge in [0.1, 0.15) is 5.82 Å². The van der Waals surface area contributed by atoms with E-state index in [0.717, 1.165) is 5.56 Å². The molecule has 17 heavy (non-hydrogen) atoms. The SMILES string of the molecule is CCOC(=O)[C@@H]1CNC[C@H]1c1cccc(F)c1. The Morgan fingerprint density at radius 3 is 3.06 bits per heavy atom. The van der Waals surface area contributed by atoms with Crippen LogP contribution in [0.25, 0.3) is 0 Å². The molecule has 0 aromatic heterocycles. The van der Waals surface area contributed by atoms with E-state index < -0.39 is 0 Å². The van der Waals surface area contributed by atoms with Crippen LogP contribution >= 0.6 is 0 Å². The van der Waals surface area contributed by atoms with Crippen molar-refractivity contribution in [1.29, 1.82) is 0 Å². The summed E-state index contributed by atoms with van der Waals surface area (Å²) in [6.45, 7) is 3.45. The molecular formula is C13H16FNO2. The molecule has 0 bridgehead atoms. The van der Waals surface area contributed by atoms with Gasteiger partial charge in [0, 0.05) is 19.0 Å². The second-order valence-corrected chi connectivity index (χ2v) is 4.18. The van der Waals surface area contributed by atoms with E-state index in [2.05, 4.69) is 5.32 Å². The highest BCUT2D eigenvalue weighted by molar-refractivity contribution is 5.74. The highest BCUT2D eigenvalue weighted by Crippen LogP contribution is 2.29. The summed E-state index contributed by atoms with van der Waals surface area (Å²) in [5.41, 5.74) is 0.855. The molecule has 1 N–H and O–H groups in total. The summed E-state index contributed by atoms with van der Waals surface area (Å²) in [6.07, 6.45) is 0. The van der Waals surface area contributed by atoms with E-state index in [1.54, 1.807) is 13.0 Å². The van der Waals surface area contributed by atoms with Crippen LogP contribution in [0.4, 0.5) is 4.39 Å². The van der Waals surface area contributed by atoms with Gasteiger partial charge in [-0.05, 0) is 24.6 Å². The minimum Gasteiger partial charge on any atom is -0.466 e. The molecule has 3 nitrogen and oxygen atoms in total. The molecular weight excluding hydrogens is 221 g/mol. The molecule has 0 aliphatic carbocycles. The Morgan fingerprint density at radius 1 is 1.53 bits per heavy atom. The van der Waals surface area contributed by atoms with Gasteiger partial charge in [0.2, 0.25) is 0 Å². The average molecular weight is 237 g/mol. The number of carbonyl (C=O) groups excluding carboxylic acids is 1. The van der Waals surface area contributed by atoms with Gasteiger partial charge in [0.25, 0.3) is 0 Å². The predicted molar refractivity (Wildman–Crippen MR) is 62.1 cm³/mol. The van der Waals surface area contributed by atoms with Crippen LogP contribution in [0.2, 0.25) is 0 Å². The molecule has 1 aromatic rings. The third-order valence-corrected chi connectivity index (χ3v) is 3.08. The molecule has 1 aliphatic heterocycles. The third-order valence-electron chi connectivity index (χ3n) is 3.08. The van der Waals surface area contributed by atoms with Crippen LogP contribution in [0.3, 0.4) is 0 Å². The minimum absolute atomic E-state index is 0.00440. The Kier molecular flexibility index (Phi) is 3.74. The fraction of sp³-hybridized carbons (Fsp3) is 0.462. The molecule has 1 aliphatic rings. The molecule has 1 aromatic carbocycles. The fourth-order valence-corrected chi connectivity index (χ4v) is 2.26. The van der Waals surface area contributed by atoms with Crippen LogP contribution in [0.1, 0.15) is 18.4 Å². The van der Waals surface area contributed by atoms with E-state index in [1.807, 2.05) is 6.07 Å². The first-order chi connectivity index (χ1) is 8.22. The van der Waals surface area contributed by atoms with Crippen LogP contribution in [0, 0.1) is 11.7 Å². The van der Waals surface area contributed by atoms with E-state index in [1.165, 1.54) is 12.1 Å². The quantitative estimate of drug-likeness (QED) is 0.813. The van der Waals surface area contributed by atoms with Gasteiger partial charge < -0.3 is 10.1 Å². The highest BCUT2D eigenvalue weighted by Gasteiger charge is 2.35. The summed E-state index contributed by atoms with van der Waals surface area (Å²) in [7, 11) is 0. The summed E-state index contributed by atoms with van der Waals surface area (Å²) < 4.78 is 18.2. The van der Waals surface area contributed by atoms with Crippen molar-refractivity contribution in [3.8, 4) is 0 Å². The summed E-state index contributed by atoms with van der Waals surface area (Å²) in [5, 5.41) is 3.16. The maximum absolute atomic E-state index is 13.2. The van der Waals surface area contributed by atoms with Crippen molar-refractivity contribution in [1.82, 2.24) is 5.32 Å². The number of carbonyl (C=O) groups is 1. The van der Waals surface area contributed by atoms with Crippen molar-refractivity contribution < 1.29 is 13.9 Å². The Hall–Kier alpha value is -1.42. The molecule has 2 atom stereocenters. The lowest BCUT2D eigenvalue weighted by molar-refractivity contribution is -0.147. The van der Waals surface area contributed by atoms with Gasteiger partial charge in [-0.1, -0.05) is 12.1 Å². The van der Waals surface area contributed by atoms with Gasteiger partial charge >= 0.3 is 5.97 Å². The Labute approximate surface area is 100.0 Å². The number of esters is 1. The first-order valence-electron chi connectivity index (χ1n) is 5.85. The summed E-state index contributed by atoms with van der Waals surface area (Å²) in [5.74, 6) is -0.676. The monoisotopic (exact) mass is 237 g/mol. The van der Waals surface area contributed by atoms with Crippen molar-refractivity contribution in [3.63, 3.8) is 0 Å². The molecule has 92 valence electrons. The Bertz CT molecular complexity index is 408. The van der Waals surface area contributed by atoms with Crippen LogP contribution in [0.15, 0.2) is 24.3 Å². The molecule has 1 fully saturated rings. The maximum atomic E-state index is 13.2. The smallest absolute Gasteiger partial charge is 0.310 e. The van der Waals surface area contributed by atoms with Crippen molar-refractivity contribution in [2.75, 3.05) is 19.7 Å². The molecule has 2 rings (SSSR count). The number of nitrogens with one attached hydrogen (secondary N) is 1. The van der Waals surface area contributed by atoms with E-state index >= 15 is 0 Å². The van der Waals surface area contributed by atoms with E-state index in [-0.39, 0.29) is 23.6 Å². The summed E-state index contributed by atoms with van der Waals surface area (Å²) >= 11 is 0. The number of hydrogen-bond acceptors (Lipinski definition) is 3. The number of benzene rings is 1. The lowest BCUT2D eigenvalue weighted by Gasteiger charge is -2.17. The number of halogens is 1. The first-order valence-corrected chi connectivity index (χ1v) is 5.85. The largest absolute Gasteiger partial charge is 0.466 e. The maximum Gasteiger partial charge on any atom is 0.310 e. The third kappa shape index (κ3) is 2.64. The van der Waals surface area contributed by atoms with Gasteiger partial charge in [-0.2, -0.15) is 0 Å². The molecule has 0 saturated carbocycles. The van der Waals surface area contributed by atoms with Gasteiger partial charge in [-0.25, -0.2) is 4.39 Å². The van der Waals surface area contributed by atoms with E-state index in [0.29, 0.717) is 19.7 Å². The van der Waals surface area contributed by atoms with Crippen LogP contribution in [0.5, 0.6) is 0 Å². The topological polar surface area (TPSA) is 38.3 Å². The standard InChI is InChI=1S/C13H16FNO2/c1-2-17-13(16)12-8-15-7-11(12)9-4-3-5-10(14)6-9/h3-6,11-12,15H,2,7-8H2,1H3/t11-,12+/m0/s1. The van der Waals surface area contributed by atoms with Gasteiger partial charge in [0.05, 0.1) is 12.5 Å². The predicted octanol–water partition coefficient (Wildman–Crippen LogP) is 1.69. The minimum atomic E-state index is -0.267. The first kappa shape index (κ1) is 12.0. The van der Waals surface area contributed by atoms with Gasteiger partial charge in [-0.15, -0.1) is 0 Å². The zero-order valence-corrected chi connectivity index (χ0v) is 9.78. The number of rotatable bonds is 3. The molecule has 1 saturated heterocycles. The van der Waals surface area contributed by atoms with Crippen LogP contribution in [-0.2, 0) is 9.53 Å².